The molecule has 1 aliphatic rings. The number of carbonyl (C=O) groups is 2. The van der Waals surface area contributed by atoms with Gasteiger partial charge in [-0.15, -0.1) is 0 Å². The first-order chi connectivity index (χ1) is 8.28. The molecule has 0 aromatic rings. The molecule has 18 heavy (non-hydrogen) atoms. The van der Waals surface area contributed by atoms with Gasteiger partial charge in [-0.3, -0.25) is 4.79 Å². The largest absolute Gasteiger partial charge is 0.450 e. The summed E-state index contributed by atoms with van der Waals surface area (Å²) in [5.74, 6) is 4.68. The minimum atomic E-state index is -0.625. The van der Waals surface area contributed by atoms with Gasteiger partial charge in [0.15, 0.2) is 0 Å². The fourth-order valence-corrected chi connectivity index (χ4v) is 2.04. The normalized spacial score (nSPS) is 23.8. The van der Waals surface area contributed by atoms with Crippen molar-refractivity contribution < 1.29 is 14.3 Å². The second-order valence-electron chi connectivity index (χ2n) is 6.07. The Kier molecular flexibility index (Phi) is 4.95. The van der Waals surface area contributed by atoms with Crippen LogP contribution in [0, 0.1) is 23.7 Å². The van der Waals surface area contributed by atoms with E-state index in [2.05, 4.69) is 18.8 Å². The number of esters is 1. The van der Waals surface area contributed by atoms with Crippen molar-refractivity contribution in [3.8, 4) is 11.8 Å². The minimum absolute atomic E-state index is 0.0103. The molecule has 0 N–H and O–H groups in total. The first-order valence-electron chi connectivity index (χ1n) is 6.57. The average molecular weight is 250 g/mol. The lowest BCUT2D eigenvalue weighted by Crippen LogP contribution is -2.23. The van der Waals surface area contributed by atoms with Crippen LogP contribution in [0.4, 0.5) is 0 Å². The summed E-state index contributed by atoms with van der Waals surface area (Å²) in [5.41, 5.74) is -0.560. The van der Waals surface area contributed by atoms with Crippen LogP contribution in [0.15, 0.2) is 0 Å². The molecule has 0 bridgehead atoms. The third-order valence-electron chi connectivity index (χ3n) is 3.07. The monoisotopic (exact) mass is 250 g/mol. The summed E-state index contributed by atoms with van der Waals surface area (Å²) >= 11 is 0. The van der Waals surface area contributed by atoms with E-state index in [4.69, 9.17) is 4.74 Å². The quantitative estimate of drug-likeness (QED) is 0.311. The van der Waals surface area contributed by atoms with E-state index in [0.717, 1.165) is 25.7 Å². The lowest BCUT2D eigenvalue weighted by Gasteiger charge is -2.23. The highest BCUT2D eigenvalue weighted by atomic mass is 16.6. The van der Waals surface area contributed by atoms with Crippen LogP contribution in [0.5, 0.6) is 0 Å². The van der Waals surface area contributed by atoms with Gasteiger partial charge in [-0.25, -0.2) is 4.79 Å². The van der Waals surface area contributed by atoms with Crippen molar-refractivity contribution in [2.45, 2.75) is 59.0 Å². The maximum absolute atomic E-state index is 11.8. The Balaban J connectivity index is 2.47. The third-order valence-corrected chi connectivity index (χ3v) is 3.07. The molecule has 1 fully saturated rings. The van der Waals surface area contributed by atoms with Gasteiger partial charge in [-0.05, 0) is 58.3 Å². The van der Waals surface area contributed by atoms with Crippen molar-refractivity contribution in [2.75, 3.05) is 0 Å². The first-order valence-corrected chi connectivity index (χ1v) is 6.57. The van der Waals surface area contributed by atoms with Crippen molar-refractivity contribution >= 4 is 11.8 Å². The second-order valence-corrected chi connectivity index (χ2v) is 6.07. The fourth-order valence-electron chi connectivity index (χ4n) is 2.04. The Bertz CT molecular complexity index is 371. The van der Waals surface area contributed by atoms with Gasteiger partial charge >= 0.3 is 5.97 Å². The summed E-state index contributed by atoms with van der Waals surface area (Å²) in [6.07, 6.45) is 3.93. The van der Waals surface area contributed by atoms with Crippen LogP contribution < -0.4 is 0 Å². The smallest absolute Gasteiger partial charge is 0.385 e. The van der Waals surface area contributed by atoms with Gasteiger partial charge in [0.05, 0.1) is 0 Å². The zero-order valence-corrected chi connectivity index (χ0v) is 11.7. The van der Waals surface area contributed by atoms with Gasteiger partial charge in [0.25, 0.3) is 0 Å². The number of hydrogen-bond donors (Lipinski definition) is 0. The molecule has 0 amide bonds. The lowest BCUT2D eigenvalue weighted by atomic mass is 9.81. The maximum Gasteiger partial charge on any atom is 0.385 e. The standard InChI is InChI=1S/C15H22O3/c1-11-5-7-12(8-6-11)13(16)9-10-14(17)18-15(2,3)4/h11-12H,5-8H2,1-4H3. The molecule has 0 spiro atoms. The van der Waals surface area contributed by atoms with Crippen LogP contribution in [-0.2, 0) is 14.3 Å². The van der Waals surface area contributed by atoms with Gasteiger partial charge in [0, 0.05) is 11.8 Å². The Morgan fingerprint density at radius 3 is 2.11 bits per heavy atom. The molecular weight excluding hydrogens is 228 g/mol. The highest BCUT2D eigenvalue weighted by molar-refractivity contribution is 6.03. The number of Topliss-reactive ketones (excluding diaryl/α,β-unsaturated/α-hetero) is 1. The Morgan fingerprint density at radius 2 is 1.61 bits per heavy atom. The highest BCUT2D eigenvalue weighted by Gasteiger charge is 2.23. The van der Waals surface area contributed by atoms with E-state index in [-0.39, 0.29) is 11.7 Å². The maximum atomic E-state index is 11.8. The summed E-state index contributed by atoms with van der Waals surface area (Å²) in [6.45, 7) is 7.53. The SMILES string of the molecule is CC1CCC(C(=O)C#CC(=O)OC(C)(C)C)CC1. The van der Waals surface area contributed by atoms with Crippen LogP contribution in [-0.4, -0.2) is 17.4 Å². The number of hydrogen-bond acceptors (Lipinski definition) is 3. The number of carbonyl (C=O) groups excluding carboxylic acids is 2. The fraction of sp³-hybridized carbons (Fsp3) is 0.733. The molecule has 0 aliphatic heterocycles. The van der Waals surface area contributed by atoms with E-state index in [1.165, 1.54) is 0 Å². The van der Waals surface area contributed by atoms with E-state index in [9.17, 15) is 9.59 Å². The van der Waals surface area contributed by atoms with Crippen LogP contribution in [0.3, 0.4) is 0 Å². The van der Waals surface area contributed by atoms with Crippen LogP contribution in [0.1, 0.15) is 53.4 Å². The van der Waals surface area contributed by atoms with Crippen LogP contribution >= 0.6 is 0 Å². The first kappa shape index (κ1) is 14.8. The number of rotatable bonds is 1. The van der Waals surface area contributed by atoms with E-state index < -0.39 is 11.6 Å². The minimum Gasteiger partial charge on any atom is -0.450 e. The van der Waals surface area contributed by atoms with Crippen LogP contribution in [0.25, 0.3) is 0 Å². The average Bonchev–Trinajstić information content (AvgIpc) is 2.24. The van der Waals surface area contributed by atoms with Gasteiger partial charge in [0.2, 0.25) is 5.78 Å². The third kappa shape index (κ3) is 5.35. The number of ether oxygens (including phenoxy) is 1. The molecule has 0 atom stereocenters. The van der Waals surface area contributed by atoms with Gasteiger partial charge in [-0.2, -0.15) is 0 Å². The molecule has 0 aromatic carbocycles. The molecule has 0 unspecified atom stereocenters. The number of ketones is 1. The molecule has 1 rings (SSSR count). The van der Waals surface area contributed by atoms with Gasteiger partial charge in [-0.1, -0.05) is 6.92 Å². The van der Waals surface area contributed by atoms with Crippen molar-refractivity contribution in [1.82, 2.24) is 0 Å². The molecule has 3 nitrogen and oxygen atoms in total. The van der Waals surface area contributed by atoms with E-state index in [1.807, 2.05) is 0 Å². The predicted molar refractivity (Wildman–Crippen MR) is 69.8 cm³/mol. The summed E-state index contributed by atoms with van der Waals surface area (Å²) in [5, 5.41) is 0. The predicted octanol–water partition coefficient (Wildman–Crippen LogP) is 2.73. The zero-order valence-electron chi connectivity index (χ0n) is 11.7. The lowest BCUT2D eigenvalue weighted by molar-refractivity contribution is -0.147. The summed E-state index contributed by atoms with van der Waals surface area (Å²) in [4.78, 5) is 23.1. The molecular formula is C15H22O3. The van der Waals surface area contributed by atoms with Crippen molar-refractivity contribution in [2.24, 2.45) is 11.8 Å². The molecule has 0 saturated heterocycles. The molecule has 1 aliphatic carbocycles. The van der Waals surface area contributed by atoms with Crippen molar-refractivity contribution in [3.63, 3.8) is 0 Å². The highest BCUT2D eigenvalue weighted by Crippen LogP contribution is 2.28. The Hall–Kier alpha value is -1.30. The summed E-state index contributed by atoms with van der Waals surface area (Å²) in [6, 6.07) is 0. The zero-order chi connectivity index (χ0) is 13.8. The van der Waals surface area contributed by atoms with Gasteiger partial charge in [0.1, 0.15) is 5.60 Å². The molecule has 3 heteroatoms. The summed E-state index contributed by atoms with van der Waals surface area (Å²) < 4.78 is 5.03. The molecule has 0 radical (unpaired) electrons. The Morgan fingerprint density at radius 1 is 1.06 bits per heavy atom. The van der Waals surface area contributed by atoms with E-state index >= 15 is 0 Å². The van der Waals surface area contributed by atoms with E-state index in [0.29, 0.717) is 5.92 Å². The summed E-state index contributed by atoms with van der Waals surface area (Å²) in [7, 11) is 0. The van der Waals surface area contributed by atoms with Crippen LogP contribution in [0.2, 0.25) is 0 Å². The molecule has 1 saturated carbocycles. The van der Waals surface area contributed by atoms with Crippen molar-refractivity contribution in [3.05, 3.63) is 0 Å². The molecule has 100 valence electrons. The van der Waals surface area contributed by atoms with Crippen molar-refractivity contribution in [1.29, 1.82) is 0 Å². The topological polar surface area (TPSA) is 43.4 Å². The Labute approximate surface area is 109 Å². The molecule has 0 heterocycles. The van der Waals surface area contributed by atoms with Gasteiger partial charge < -0.3 is 4.74 Å². The second kappa shape index (κ2) is 6.04. The molecule has 0 aromatic heterocycles. The van der Waals surface area contributed by atoms with E-state index in [1.54, 1.807) is 20.8 Å².